The molecule has 1 atom stereocenters. The van der Waals surface area contributed by atoms with E-state index in [1.54, 1.807) is 14.2 Å². The summed E-state index contributed by atoms with van der Waals surface area (Å²) in [6.07, 6.45) is 2.58. The zero-order chi connectivity index (χ0) is 18.7. The quantitative estimate of drug-likeness (QED) is 0.894. The molecule has 1 unspecified atom stereocenters. The normalized spacial score (nSPS) is 20.7. The lowest BCUT2D eigenvalue weighted by molar-refractivity contribution is 0.0754. The van der Waals surface area contributed by atoms with Crippen LogP contribution in [0.3, 0.4) is 0 Å². The standard InChI is InChI=1S/C20H30N2O4/c1-13(2)19-16-12-18(25-4)17(24-3)11-14(16)5-8-22(19)20(23)21-15-6-9-26-10-7-15/h11-13,15,19H,5-10H2,1-4H3,(H,21,23). The van der Waals surface area contributed by atoms with E-state index in [9.17, 15) is 4.79 Å². The molecule has 2 aliphatic rings. The molecule has 144 valence electrons. The number of hydrogen-bond donors (Lipinski definition) is 1. The first kappa shape index (κ1) is 18.8. The van der Waals surface area contributed by atoms with Gasteiger partial charge in [-0.15, -0.1) is 0 Å². The Labute approximate surface area is 155 Å². The maximum absolute atomic E-state index is 13.0. The second-order valence-electron chi connectivity index (χ2n) is 7.37. The van der Waals surface area contributed by atoms with Crippen LogP contribution in [0.4, 0.5) is 4.79 Å². The molecule has 1 aromatic rings. The largest absolute Gasteiger partial charge is 0.493 e. The molecule has 26 heavy (non-hydrogen) atoms. The van der Waals surface area contributed by atoms with Crippen molar-refractivity contribution >= 4 is 6.03 Å². The van der Waals surface area contributed by atoms with E-state index in [-0.39, 0.29) is 18.1 Å². The van der Waals surface area contributed by atoms with Gasteiger partial charge in [0, 0.05) is 25.8 Å². The predicted molar refractivity (Wildman–Crippen MR) is 99.9 cm³/mol. The monoisotopic (exact) mass is 362 g/mol. The van der Waals surface area contributed by atoms with E-state index in [4.69, 9.17) is 14.2 Å². The lowest BCUT2D eigenvalue weighted by Gasteiger charge is -2.41. The Morgan fingerprint density at radius 2 is 1.85 bits per heavy atom. The van der Waals surface area contributed by atoms with Gasteiger partial charge in [-0.3, -0.25) is 0 Å². The first-order chi connectivity index (χ1) is 12.5. The number of nitrogens with one attached hydrogen (secondary N) is 1. The van der Waals surface area contributed by atoms with Crippen molar-refractivity contribution in [3.8, 4) is 11.5 Å². The first-order valence-corrected chi connectivity index (χ1v) is 9.44. The SMILES string of the molecule is COc1cc2c(cc1OC)C(C(C)C)N(C(=O)NC1CCOCC1)CC2. The van der Waals surface area contributed by atoms with Gasteiger partial charge in [0.1, 0.15) is 0 Å². The Hall–Kier alpha value is -1.95. The molecule has 1 fully saturated rings. The van der Waals surface area contributed by atoms with Crippen molar-refractivity contribution in [2.24, 2.45) is 5.92 Å². The molecule has 0 spiro atoms. The maximum Gasteiger partial charge on any atom is 0.318 e. The molecule has 6 nitrogen and oxygen atoms in total. The smallest absolute Gasteiger partial charge is 0.318 e. The number of carbonyl (C=O) groups is 1. The number of amides is 2. The number of hydrogen-bond acceptors (Lipinski definition) is 4. The number of methoxy groups -OCH3 is 2. The molecule has 1 aromatic carbocycles. The molecular weight excluding hydrogens is 332 g/mol. The van der Waals surface area contributed by atoms with E-state index in [1.165, 1.54) is 5.56 Å². The number of fused-ring (bicyclic) bond motifs is 1. The van der Waals surface area contributed by atoms with Crippen molar-refractivity contribution < 1.29 is 19.0 Å². The molecule has 0 aromatic heterocycles. The highest BCUT2D eigenvalue weighted by Crippen LogP contribution is 2.41. The van der Waals surface area contributed by atoms with Crippen LogP contribution in [0.1, 0.15) is 43.9 Å². The van der Waals surface area contributed by atoms with Crippen molar-refractivity contribution in [2.75, 3.05) is 34.0 Å². The fourth-order valence-corrected chi connectivity index (χ4v) is 4.02. The first-order valence-electron chi connectivity index (χ1n) is 9.44. The van der Waals surface area contributed by atoms with E-state index < -0.39 is 0 Å². The summed E-state index contributed by atoms with van der Waals surface area (Å²) in [4.78, 5) is 15.0. The average Bonchev–Trinajstić information content (AvgIpc) is 2.66. The Morgan fingerprint density at radius 1 is 1.19 bits per heavy atom. The van der Waals surface area contributed by atoms with Gasteiger partial charge in [0.05, 0.1) is 20.3 Å². The molecule has 0 bridgehead atoms. The minimum atomic E-state index is 0.0241. The van der Waals surface area contributed by atoms with Crippen LogP contribution in [0.15, 0.2) is 12.1 Å². The third kappa shape index (κ3) is 3.75. The van der Waals surface area contributed by atoms with E-state index in [1.807, 2.05) is 11.0 Å². The number of urea groups is 1. The molecule has 6 heteroatoms. The van der Waals surface area contributed by atoms with Crippen LogP contribution >= 0.6 is 0 Å². The molecule has 1 saturated heterocycles. The highest BCUT2D eigenvalue weighted by Gasteiger charge is 2.34. The Morgan fingerprint density at radius 3 is 2.46 bits per heavy atom. The van der Waals surface area contributed by atoms with Crippen LogP contribution in [0.2, 0.25) is 0 Å². The summed E-state index contributed by atoms with van der Waals surface area (Å²) in [7, 11) is 3.30. The lowest BCUT2D eigenvalue weighted by atomic mass is 9.86. The van der Waals surface area contributed by atoms with Gasteiger partial charge >= 0.3 is 6.03 Å². The van der Waals surface area contributed by atoms with Gasteiger partial charge in [-0.05, 0) is 48.4 Å². The van der Waals surface area contributed by atoms with E-state index in [2.05, 4.69) is 25.2 Å². The van der Waals surface area contributed by atoms with Crippen molar-refractivity contribution in [2.45, 2.75) is 45.2 Å². The summed E-state index contributed by atoms with van der Waals surface area (Å²) >= 11 is 0. The highest BCUT2D eigenvalue weighted by molar-refractivity contribution is 5.76. The average molecular weight is 362 g/mol. The second-order valence-corrected chi connectivity index (χ2v) is 7.37. The Kier molecular flexibility index (Phi) is 5.91. The summed E-state index contributed by atoms with van der Waals surface area (Å²) in [6, 6.07) is 4.34. The third-order valence-corrected chi connectivity index (χ3v) is 5.36. The number of ether oxygens (including phenoxy) is 3. The van der Waals surface area contributed by atoms with Crippen LogP contribution in [0.25, 0.3) is 0 Å². The molecule has 2 aliphatic heterocycles. The number of rotatable bonds is 4. The Balaban J connectivity index is 1.85. The lowest BCUT2D eigenvalue weighted by Crippen LogP contribution is -2.51. The molecule has 3 rings (SSSR count). The zero-order valence-electron chi connectivity index (χ0n) is 16.2. The fraction of sp³-hybridized carbons (Fsp3) is 0.650. The fourth-order valence-electron chi connectivity index (χ4n) is 4.02. The van der Waals surface area contributed by atoms with Gasteiger partial charge in [0.2, 0.25) is 0 Å². The molecule has 0 saturated carbocycles. The van der Waals surface area contributed by atoms with Crippen molar-refractivity contribution in [3.05, 3.63) is 23.3 Å². The van der Waals surface area contributed by atoms with Crippen LogP contribution in [-0.4, -0.2) is 51.0 Å². The zero-order valence-corrected chi connectivity index (χ0v) is 16.2. The van der Waals surface area contributed by atoms with Crippen LogP contribution in [0, 0.1) is 5.92 Å². The third-order valence-electron chi connectivity index (χ3n) is 5.36. The molecule has 1 N–H and O–H groups in total. The number of benzene rings is 1. The van der Waals surface area contributed by atoms with Gasteiger partial charge in [-0.25, -0.2) is 4.79 Å². The van der Waals surface area contributed by atoms with Crippen molar-refractivity contribution in [1.29, 1.82) is 0 Å². The number of carbonyl (C=O) groups excluding carboxylic acids is 1. The highest BCUT2D eigenvalue weighted by atomic mass is 16.5. The second kappa shape index (κ2) is 8.16. The minimum absolute atomic E-state index is 0.0241. The van der Waals surface area contributed by atoms with E-state index in [0.29, 0.717) is 18.2 Å². The summed E-state index contributed by atoms with van der Waals surface area (Å²) in [5.41, 5.74) is 2.39. The minimum Gasteiger partial charge on any atom is -0.493 e. The predicted octanol–water partition coefficient (Wildman–Crippen LogP) is 3.15. The van der Waals surface area contributed by atoms with Gasteiger partial charge in [-0.1, -0.05) is 13.8 Å². The summed E-state index contributed by atoms with van der Waals surface area (Å²) in [5.74, 6) is 1.75. The summed E-state index contributed by atoms with van der Waals surface area (Å²) in [6.45, 7) is 6.47. The molecule has 0 radical (unpaired) electrons. The molecular formula is C20H30N2O4. The Bertz CT molecular complexity index is 641. The van der Waals surface area contributed by atoms with Crippen molar-refractivity contribution in [3.63, 3.8) is 0 Å². The molecule has 2 heterocycles. The van der Waals surface area contributed by atoms with Gasteiger partial charge in [0.15, 0.2) is 11.5 Å². The molecule has 0 aliphatic carbocycles. The maximum atomic E-state index is 13.0. The summed E-state index contributed by atoms with van der Waals surface area (Å²) in [5, 5.41) is 3.21. The van der Waals surface area contributed by atoms with Crippen LogP contribution in [-0.2, 0) is 11.2 Å². The van der Waals surface area contributed by atoms with Gasteiger partial charge in [-0.2, -0.15) is 0 Å². The van der Waals surface area contributed by atoms with Crippen molar-refractivity contribution in [1.82, 2.24) is 10.2 Å². The van der Waals surface area contributed by atoms with E-state index >= 15 is 0 Å². The van der Waals surface area contributed by atoms with Crippen LogP contribution in [0.5, 0.6) is 11.5 Å². The van der Waals surface area contributed by atoms with Gasteiger partial charge < -0.3 is 24.4 Å². The topological polar surface area (TPSA) is 60.0 Å². The van der Waals surface area contributed by atoms with Gasteiger partial charge in [0.25, 0.3) is 0 Å². The summed E-state index contributed by atoms with van der Waals surface area (Å²) < 4.78 is 16.3. The van der Waals surface area contributed by atoms with E-state index in [0.717, 1.165) is 43.8 Å². The number of nitrogens with zero attached hydrogens (tertiary/aromatic N) is 1. The molecule has 2 amide bonds. The van der Waals surface area contributed by atoms with Crippen LogP contribution < -0.4 is 14.8 Å².